The molecule has 1 fully saturated rings. The van der Waals surface area contributed by atoms with Gasteiger partial charge in [-0.1, -0.05) is 41.4 Å². The fourth-order valence-electron chi connectivity index (χ4n) is 4.58. The lowest BCUT2D eigenvalue weighted by molar-refractivity contribution is -0.132. The molecule has 1 atom stereocenters. The zero-order valence-electron chi connectivity index (χ0n) is 21.3. The van der Waals surface area contributed by atoms with Gasteiger partial charge in [-0.05, 0) is 48.4 Å². The van der Waals surface area contributed by atoms with Gasteiger partial charge in [-0.3, -0.25) is 14.5 Å². The Morgan fingerprint density at radius 3 is 2.03 bits per heavy atom. The molecule has 1 N–H and O–H groups in total. The third-order valence-corrected chi connectivity index (χ3v) is 6.79. The van der Waals surface area contributed by atoms with Crippen LogP contribution in [-0.2, 0) is 9.59 Å². The van der Waals surface area contributed by atoms with E-state index in [1.807, 2.05) is 19.1 Å². The Balaban J connectivity index is 2.09. The van der Waals surface area contributed by atoms with Crippen LogP contribution in [0.4, 0.5) is 5.69 Å². The zero-order chi connectivity index (χ0) is 27.7. The molecule has 38 heavy (non-hydrogen) atoms. The first-order chi connectivity index (χ1) is 18.2. The number of amides is 1. The number of ether oxygens (including phenoxy) is 4. The molecular formula is C28H25Cl2NO7. The molecule has 3 aromatic carbocycles. The van der Waals surface area contributed by atoms with Crippen LogP contribution < -0.4 is 23.8 Å². The molecule has 0 spiro atoms. The number of hydrogen-bond acceptors (Lipinski definition) is 7. The van der Waals surface area contributed by atoms with Crippen molar-refractivity contribution < 1.29 is 33.6 Å². The monoisotopic (exact) mass is 557 g/mol. The number of aliphatic hydroxyl groups excluding tert-OH is 1. The lowest BCUT2D eigenvalue weighted by atomic mass is 9.94. The van der Waals surface area contributed by atoms with E-state index in [2.05, 4.69) is 0 Å². The molecule has 0 aromatic heterocycles. The lowest BCUT2D eigenvalue weighted by Gasteiger charge is -2.28. The molecule has 198 valence electrons. The van der Waals surface area contributed by atoms with Crippen LogP contribution in [0.2, 0.25) is 10.0 Å². The van der Waals surface area contributed by atoms with Crippen LogP contribution in [0.1, 0.15) is 22.7 Å². The number of ketones is 1. The topological polar surface area (TPSA) is 94.5 Å². The van der Waals surface area contributed by atoms with E-state index in [0.29, 0.717) is 28.5 Å². The number of benzene rings is 3. The first-order valence-corrected chi connectivity index (χ1v) is 12.1. The summed E-state index contributed by atoms with van der Waals surface area (Å²) in [6.45, 7) is 1.82. The van der Waals surface area contributed by atoms with E-state index in [4.69, 9.17) is 42.1 Å². The van der Waals surface area contributed by atoms with Crippen molar-refractivity contribution in [2.24, 2.45) is 0 Å². The number of aliphatic hydroxyl groups is 1. The summed E-state index contributed by atoms with van der Waals surface area (Å²) in [4.78, 5) is 28.5. The molecule has 3 aromatic rings. The smallest absolute Gasteiger partial charge is 0.300 e. The number of rotatable bonds is 7. The molecule has 0 saturated carbocycles. The molecule has 0 bridgehead atoms. The molecule has 1 aliphatic rings. The summed E-state index contributed by atoms with van der Waals surface area (Å²) in [6, 6.07) is 12.2. The molecule has 1 aliphatic heterocycles. The van der Waals surface area contributed by atoms with Crippen LogP contribution in [0.25, 0.3) is 5.76 Å². The van der Waals surface area contributed by atoms with Crippen molar-refractivity contribution >= 4 is 46.3 Å². The summed E-state index contributed by atoms with van der Waals surface area (Å²) >= 11 is 12.5. The average molecular weight is 558 g/mol. The summed E-state index contributed by atoms with van der Waals surface area (Å²) in [5.74, 6) is -1.19. The van der Waals surface area contributed by atoms with E-state index in [1.54, 1.807) is 24.3 Å². The highest BCUT2D eigenvalue weighted by Crippen LogP contribution is 2.48. The molecule has 0 radical (unpaired) electrons. The van der Waals surface area contributed by atoms with Crippen LogP contribution in [0.5, 0.6) is 23.0 Å². The van der Waals surface area contributed by atoms with Gasteiger partial charge >= 0.3 is 0 Å². The Hall–Kier alpha value is -3.88. The normalized spacial score (nSPS) is 16.5. The average Bonchev–Trinajstić information content (AvgIpc) is 3.17. The van der Waals surface area contributed by atoms with Crippen molar-refractivity contribution in [3.05, 3.63) is 80.8 Å². The van der Waals surface area contributed by atoms with Gasteiger partial charge < -0.3 is 24.1 Å². The number of hydrogen-bond donors (Lipinski definition) is 1. The number of nitrogens with zero attached hydrogens (tertiary/aromatic N) is 1. The Bertz CT molecular complexity index is 1440. The van der Waals surface area contributed by atoms with E-state index >= 15 is 0 Å². The molecule has 1 unspecified atom stereocenters. The van der Waals surface area contributed by atoms with E-state index in [0.717, 1.165) is 5.56 Å². The van der Waals surface area contributed by atoms with Gasteiger partial charge in [0.15, 0.2) is 11.5 Å². The standard InChI is InChI=1S/C28H25Cl2NO7/c1-14-8-6-7-9-19(14)31-23(15-10-20(35-2)27(38-5)21(11-15)36-3)22(25(33)28(31)34)24(32)17-12-16(29)13-18(30)26(17)37-4/h6-13,23,32H,1-5H3/b24-22+. The van der Waals surface area contributed by atoms with Gasteiger partial charge in [0, 0.05) is 10.7 Å². The van der Waals surface area contributed by atoms with E-state index in [9.17, 15) is 14.7 Å². The number of carbonyl (C=O) groups excluding carboxylic acids is 2. The maximum absolute atomic E-state index is 13.6. The summed E-state index contributed by atoms with van der Waals surface area (Å²) in [5.41, 5.74) is 1.53. The molecule has 4 rings (SSSR count). The number of halogens is 2. The molecule has 1 amide bonds. The minimum atomic E-state index is -1.08. The maximum Gasteiger partial charge on any atom is 0.300 e. The van der Waals surface area contributed by atoms with Crippen molar-refractivity contribution in [3.63, 3.8) is 0 Å². The number of Topliss-reactive ketones (excluding diaryl/α,β-unsaturated/α-hetero) is 1. The third-order valence-electron chi connectivity index (χ3n) is 6.29. The Kier molecular flexibility index (Phi) is 7.76. The van der Waals surface area contributed by atoms with E-state index in [-0.39, 0.29) is 26.9 Å². The van der Waals surface area contributed by atoms with E-state index < -0.39 is 23.5 Å². The number of methoxy groups -OCH3 is 4. The summed E-state index contributed by atoms with van der Waals surface area (Å²) in [6.07, 6.45) is 0. The molecule has 1 saturated heterocycles. The van der Waals surface area contributed by atoms with Crippen molar-refractivity contribution in [1.29, 1.82) is 0 Å². The van der Waals surface area contributed by atoms with Crippen molar-refractivity contribution in [2.45, 2.75) is 13.0 Å². The Morgan fingerprint density at radius 2 is 1.47 bits per heavy atom. The SMILES string of the molecule is COc1cc(C2/C(=C(\O)c3cc(Cl)cc(Cl)c3OC)C(=O)C(=O)N2c2ccccc2C)cc(OC)c1OC. The summed E-state index contributed by atoms with van der Waals surface area (Å²) in [7, 11) is 5.75. The minimum absolute atomic E-state index is 0.0604. The van der Waals surface area contributed by atoms with Gasteiger partial charge in [0.05, 0.1) is 50.6 Å². The van der Waals surface area contributed by atoms with Gasteiger partial charge in [-0.25, -0.2) is 0 Å². The van der Waals surface area contributed by atoms with E-state index in [1.165, 1.54) is 45.5 Å². The highest BCUT2D eigenvalue weighted by Gasteiger charge is 2.48. The first kappa shape index (κ1) is 27.2. The Labute approximate surface area is 229 Å². The largest absolute Gasteiger partial charge is 0.507 e. The second-order valence-electron chi connectivity index (χ2n) is 8.38. The predicted octanol–water partition coefficient (Wildman–Crippen LogP) is 5.96. The highest BCUT2D eigenvalue weighted by atomic mass is 35.5. The molecule has 10 heteroatoms. The van der Waals surface area contributed by atoms with Crippen molar-refractivity contribution in [3.8, 4) is 23.0 Å². The van der Waals surface area contributed by atoms with Crippen molar-refractivity contribution in [1.82, 2.24) is 0 Å². The van der Waals surface area contributed by atoms with Crippen LogP contribution in [0.3, 0.4) is 0 Å². The Morgan fingerprint density at radius 1 is 0.868 bits per heavy atom. The number of aryl methyl sites for hydroxylation is 1. The summed E-state index contributed by atoms with van der Waals surface area (Å²) < 4.78 is 21.9. The molecule has 8 nitrogen and oxygen atoms in total. The van der Waals surface area contributed by atoms with Gasteiger partial charge in [0.2, 0.25) is 5.75 Å². The van der Waals surface area contributed by atoms with Gasteiger partial charge in [0.25, 0.3) is 11.7 Å². The quantitative estimate of drug-likeness (QED) is 0.217. The highest BCUT2D eigenvalue weighted by molar-refractivity contribution is 6.52. The second kappa shape index (κ2) is 10.8. The van der Waals surface area contributed by atoms with Gasteiger partial charge in [-0.15, -0.1) is 0 Å². The van der Waals surface area contributed by atoms with Crippen LogP contribution in [-0.4, -0.2) is 45.2 Å². The number of anilines is 1. The maximum atomic E-state index is 13.6. The van der Waals surface area contributed by atoms with Crippen molar-refractivity contribution in [2.75, 3.05) is 33.3 Å². The second-order valence-corrected chi connectivity index (χ2v) is 9.23. The van der Waals surface area contributed by atoms with Gasteiger partial charge in [-0.2, -0.15) is 0 Å². The lowest BCUT2D eigenvalue weighted by Crippen LogP contribution is -2.30. The molecule has 0 aliphatic carbocycles. The summed E-state index contributed by atoms with van der Waals surface area (Å²) in [5, 5.41) is 11.9. The molecular weight excluding hydrogens is 533 g/mol. The number of carbonyl (C=O) groups is 2. The zero-order valence-corrected chi connectivity index (χ0v) is 22.8. The molecule has 1 heterocycles. The number of para-hydroxylation sites is 1. The minimum Gasteiger partial charge on any atom is -0.507 e. The van der Waals surface area contributed by atoms with Gasteiger partial charge in [0.1, 0.15) is 11.5 Å². The van der Waals surface area contributed by atoms with Crippen LogP contribution in [0, 0.1) is 6.92 Å². The fourth-order valence-corrected chi connectivity index (χ4v) is 5.15. The fraction of sp³-hybridized carbons (Fsp3) is 0.214. The van der Waals surface area contributed by atoms with Crippen LogP contribution in [0.15, 0.2) is 54.1 Å². The van der Waals surface area contributed by atoms with Crippen LogP contribution >= 0.6 is 23.2 Å². The predicted molar refractivity (Wildman–Crippen MR) is 145 cm³/mol. The third kappa shape index (κ3) is 4.50. The first-order valence-electron chi connectivity index (χ1n) is 11.4.